The van der Waals surface area contributed by atoms with Gasteiger partial charge in [0.15, 0.2) is 23.2 Å². The van der Waals surface area contributed by atoms with E-state index in [4.69, 9.17) is 15.1 Å². The third-order valence-electron chi connectivity index (χ3n) is 3.39. The Balaban J connectivity index is 2.12. The number of imidazole rings is 1. The van der Waals surface area contributed by atoms with Crippen LogP contribution < -0.4 is 5.48 Å². The largest absolute Gasteiger partial charge is 0.451 e. The molecular weight excluding hydrogens is 326 g/mol. The van der Waals surface area contributed by atoms with Gasteiger partial charge in [-0.05, 0) is 0 Å². The molecule has 2 aromatic rings. The summed E-state index contributed by atoms with van der Waals surface area (Å²) in [6, 6.07) is 0. The Kier molecular flexibility index (Phi) is 3.82. The van der Waals surface area contributed by atoms with Gasteiger partial charge in [0.25, 0.3) is 0 Å². The minimum Gasteiger partial charge on any atom is -0.394 e. The number of hydrogen-bond donors (Lipinski definition) is 3. The molecule has 0 aromatic carbocycles. The number of fused-ring (bicyclic) bond motifs is 1. The van der Waals surface area contributed by atoms with Crippen LogP contribution in [-0.2, 0) is 10.9 Å². The van der Waals surface area contributed by atoms with Gasteiger partial charge in [-0.2, -0.15) is 13.2 Å². The molecule has 12 heteroatoms. The van der Waals surface area contributed by atoms with E-state index in [1.54, 1.807) is 0 Å². The lowest BCUT2D eigenvalue weighted by atomic mass is 10.2. The maximum atomic E-state index is 14.0. The molecule has 3 rings (SSSR count). The van der Waals surface area contributed by atoms with Gasteiger partial charge in [-0.25, -0.2) is 19.3 Å². The summed E-state index contributed by atoms with van der Waals surface area (Å²) in [6.07, 6.45) is -7.54. The topological polar surface area (TPSA) is 105 Å². The smallest absolute Gasteiger partial charge is 0.394 e. The molecule has 3 N–H and O–H groups in total. The molecule has 0 amide bonds. The van der Waals surface area contributed by atoms with Crippen molar-refractivity contribution in [2.75, 3.05) is 12.1 Å². The first kappa shape index (κ1) is 15.8. The molecule has 126 valence electrons. The zero-order chi connectivity index (χ0) is 16.8. The highest BCUT2D eigenvalue weighted by molar-refractivity contribution is 5.82. The van der Waals surface area contributed by atoms with Gasteiger partial charge in [-0.1, -0.05) is 0 Å². The number of anilines is 1. The number of alkyl halides is 4. The molecule has 0 spiro atoms. The molecule has 1 aliphatic heterocycles. The van der Waals surface area contributed by atoms with Crippen molar-refractivity contribution in [2.45, 2.75) is 31.1 Å². The lowest BCUT2D eigenvalue weighted by Crippen LogP contribution is -2.18. The average Bonchev–Trinajstić information content (AvgIpc) is 3.08. The normalized spacial score (nSPS) is 25.2. The quantitative estimate of drug-likeness (QED) is 0.572. The van der Waals surface area contributed by atoms with Gasteiger partial charge < -0.3 is 9.84 Å². The van der Waals surface area contributed by atoms with Crippen molar-refractivity contribution in [2.24, 2.45) is 0 Å². The molecule has 0 radical (unpaired) electrons. The predicted octanol–water partition coefficient (Wildman–Crippen LogP) is 1.26. The van der Waals surface area contributed by atoms with E-state index in [9.17, 15) is 17.6 Å². The number of hydrogen-bond acceptors (Lipinski definition) is 7. The molecule has 2 aromatic heterocycles. The Morgan fingerprint density at radius 3 is 2.70 bits per heavy atom. The Morgan fingerprint density at radius 1 is 1.39 bits per heavy atom. The summed E-state index contributed by atoms with van der Waals surface area (Å²) in [5.41, 5.74) is 0.987. The standard InChI is InChI=1S/C11H11F4N5O3/c12-5-1-4(2-21)23-9(5)20-3-16-6-7(19-22)17-10(11(13,14)15)18-8(6)20/h3-5,9,21-22H,1-2H2,(H,17,18,19). The second-order valence-electron chi connectivity index (χ2n) is 4.91. The van der Waals surface area contributed by atoms with Crippen LogP contribution in [0.15, 0.2) is 6.33 Å². The number of aromatic nitrogens is 4. The minimum atomic E-state index is -4.87. The fraction of sp³-hybridized carbons (Fsp3) is 0.545. The monoisotopic (exact) mass is 337 g/mol. The van der Waals surface area contributed by atoms with Crippen molar-refractivity contribution in [1.82, 2.24) is 19.5 Å². The molecule has 1 aliphatic rings. The molecule has 8 nitrogen and oxygen atoms in total. The Bertz CT molecular complexity index is 721. The summed E-state index contributed by atoms with van der Waals surface area (Å²) in [5.74, 6) is -2.08. The van der Waals surface area contributed by atoms with Gasteiger partial charge in [-0.3, -0.25) is 15.3 Å². The average molecular weight is 337 g/mol. The fourth-order valence-corrected chi connectivity index (χ4v) is 2.37. The van der Waals surface area contributed by atoms with Crippen LogP contribution in [0.3, 0.4) is 0 Å². The SMILES string of the molecule is OCC1CC(F)C(n2cnc3c(NO)nc(C(F)(F)F)nc32)O1. The molecule has 3 unspecified atom stereocenters. The number of rotatable bonds is 3. The molecule has 1 fully saturated rings. The molecule has 0 saturated carbocycles. The molecule has 0 aliphatic carbocycles. The van der Waals surface area contributed by atoms with E-state index in [0.29, 0.717) is 0 Å². The van der Waals surface area contributed by atoms with Gasteiger partial charge in [0.2, 0.25) is 5.82 Å². The second kappa shape index (κ2) is 5.54. The van der Waals surface area contributed by atoms with Crippen molar-refractivity contribution >= 4 is 17.0 Å². The van der Waals surface area contributed by atoms with Crippen LogP contribution >= 0.6 is 0 Å². The summed E-state index contributed by atoms with van der Waals surface area (Å²) in [6.45, 7) is -0.421. The van der Waals surface area contributed by atoms with Gasteiger partial charge in [0.1, 0.15) is 6.17 Å². The molecule has 23 heavy (non-hydrogen) atoms. The Hall–Kier alpha value is -2.05. The predicted molar refractivity (Wildman–Crippen MR) is 66.2 cm³/mol. The van der Waals surface area contributed by atoms with Gasteiger partial charge >= 0.3 is 6.18 Å². The molecular formula is C11H11F4N5O3. The lowest BCUT2D eigenvalue weighted by Gasteiger charge is -2.16. The van der Waals surface area contributed by atoms with E-state index in [1.165, 1.54) is 5.48 Å². The van der Waals surface area contributed by atoms with Crippen molar-refractivity contribution in [3.63, 3.8) is 0 Å². The number of halogens is 4. The lowest BCUT2D eigenvalue weighted by molar-refractivity contribution is -0.144. The highest BCUT2D eigenvalue weighted by atomic mass is 19.4. The van der Waals surface area contributed by atoms with Crippen molar-refractivity contribution in [3.05, 3.63) is 12.2 Å². The summed E-state index contributed by atoms with van der Waals surface area (Å²) < 4.78 is 58.8. The first-order chi connectivity index (χ1) is 10.8. The van der Waals surface area contributed by atoms with E-state index in [1.807, 2.05) is 0 Å². The zero-order valence-corrected chi connectivity index (χ0v) is 11.3. The van der Waals surface area contributed by atoms with Crippen molar-refractivity contribution in [3.8, 4) is 0 Å². The molecule has 0 bridgehead atoms. The van der Waals surface area contributed by atoms with Gasteiger partial charge in [0, 0.05) is 6.42 Å². The highest BCUT2D eigenvalue weighted by Gasteiger charge is 2.39. The third-order valence-corrected chi connectivity index (χ3v) is 3.39. The fourth-order valence-electron chi connectivity index (χ4n) is 2.37. The Labute approximate surface area is 125 Å². The van der Waals surface area contributed by atoms with Crippen LogP contribution in [0.5, 0.6) is 0 Å². The highest BCUT2D eigenvalue weighted by Crippen LogP contribution is 2.35. The summed E-state index contributed by atoms with van der Waals surface area (Å²) in [5, 5.41) is 17.9. The molecule has 3 heterocycles. The van der Waals surface area contributed by atoms with Gasteiger partial charge in [-0.15, -0.1) is 0 Å². The van der Waals surface area contributed by atoms with Crippen LogP contribution in [-0.4, -0.2) is 48.7 Å². The first-order valence-corrected chi connectivity index (χ1v) is 6.47. The summed E-state index contributed by atoms with van der Waals surface area (Å²) in [4.78, 5) is 10.3. The summed E-state index contributed by atoms with van der Waals surface area (Å²) >= 11 is 0. The van der Waals surface area contributed by atoms with E-state index < -0.39 is 42.9 Å². The van der Waals surface area contributed by atoms with Gasteiger partial charge in [0.05, 0.1) is 19.0 Å². The third kappa shape index (κ3) is 2.68. The van der Waals surface area contributed by atoms with Crippen LogP contribution in [0, 0.1) is 0 Å². The minimum absolute atomic E-state index is 0.108. The zero-order valence-electron chi connectivity index (χ0n) is 11.3. The first-order valence-electron chi connectivity index (χ1n) is 6.47. The van der Waals surface area contributed by atoms with Crippen LogP contribution in [0.1, 0.15) is 18.5 Å². The maximum Gasteiger partial charge on any atom is 0.451 e. The summed E-state index contributed by atoms with van der Waals surface area (Å²) in [7, 11) is 0. The number of nitrogens with zero attached hydrogens (tertiary/aromatic N) is 4. The van der Waals surface area contributed by atoms with Crippen LogP contribution in [0.2, 0.25) is 0 Å². The number of ether oxygens (including phenoxy) is 1. The number of aliphatic hydroxyl groups excluding tert-OH is 1. The van der Waals surface area contributed by atoms with Crippen LogP contribution in [0.4, 0.5) is 23.4 Å². The Morgan fingerprint density at radius 2 is 2.13 bits per heavy atom. The van der Waals surface area contributed by atoms with E-state index in [2.05, 4.69) is 15.0 Å². The van der Waals surface area contributed by atoms with Crippen LogP contribution in [0.25, 0.3) is 11.2 Å². The number of aliphatic hydroxyl groups is 1. The van der Waals surface area contributed by atoms with E-state index in [-0.39, 0.29) is 17.6 Å². The van der Waals surface area contributed by atoms with E-state index >= 15 is 0 Å². The number of nitrogens with one attached hydrogen (secondary N) is 1. The molecule has 1 saturated heterocycles. The second-order valence-corrected chi connectivity index (χ2v) is 4.91. The van der Waals surface area contributed by atoms with Crippen molar-refractivity contribution in [1.29, 1.82) is 0 Å². The maximum absolute atomic E-state index is 14.0. The van der Waals surface area contributed by atoms with Crippen molar-refractivity contribution < 1.29 is 32.6 Å². The molecule has 3 atom stereocenters. The van der Waals surface area contributed by atoms with E-state index in [0.717, 1.165) is 10.9 Å².